The van der Waals surface area contributed by atoms with Gasteiger partial charge in [0.05, 0.1) is 0 Å². The molecule has 4 heteroatoms. The van der Waals surface area contributed by atoms with E-state index in [1.165, 1.54) is 0 Å². The fourth-order valence-electron chi connectivity index (χ4n) is 1.49. The molecule has 1 aromatic rings. The summed E-state index contributed by atoms with van der Waals surface area (Å²) in [5, 5.41) is 0.733. The molecule has 2 N–H and O–H groups in total. The van der Waals surface area contributed by atoms with Crippen LogP contribution in [0.1, 0.15) is 5.56 Å². The second-order valence-corrected chi connectivity index (χ2v) is 3.47. The fraction of sp³-hybridized carbons (Fsp3) is 0.333. The summed E-state index contributed by atoms with van der Waals surface area (Å²) in [6.45, 7) is 0.409. The molecule has 0 saturated carbocycles. The number of rotatable bonds is 2. The zero-order valence-corrected chi connectivity index (χ0v) is 7.75. The molecule has 0 spiro atoms. The molecule has 1 aliphatic heterocycles. The maximum absolute atomic E-state index is 5.84. The van der Waals surface area contributed by atoms with Crippen LogP contribution in [0.15, 0.2) is 18.2 Å². The van der Waals surface area contributed by atoms with Crippen LogP contribution in [0.2, 0.25) is 5.02 Å². The van der Waals surface area contributed by atoms with E-state index in [1.807, 2.05) is 18.2 Å². The summed E-state index contributed by atoms with van der Waals surface area (Å²) in [6, 6.07) is 5.59. The van der Waals surface area contributed by atoms with Crippen molar-refractivity contribution in [2.75, 3.05) is 6.61 Å². The van der Waals surface area contributed by atoms with Crippen LogP contribution in [0.25, 0.3) is 0 Å². The molecule has 1 heterocycles. The van der Waals surface area contributed by atoms with Gasteiger partial charge in [-0.1, -0.05) is 11.6 Å². The number of hydrogen-bond donors (Lipinski definition) is 1. The van der Waals surface area contributed by atoms with Crippen LogP contribution in [-0.4, -0.2) is 12.7 Å². The van der Waals surface area contributed by atoms with Gasteiger partial charge in [0.25, 0.3) is 0 Å². The van der Waals surface area contributed by atoms with E-state index < -0.39 is 0 Å². The van der Waals surface area contributed by atoms with E-state index in [2.05, 4.69) is 4.84 Å². The minimum atomic E-state index is 0.0264. The third-order valence-electron chi connectivity index (χ3n) is 2.05. The van der Waals surface area contributed by atoms with Crippen molar-refractivity contribution in [2.24, 2.45) is 5.90 Å². The summed E-state index contributed by atoms with van der Waals surface area (Å²) in [5.41, 5.74) is 1.12. The van der Waals surface area contributed by atoms with E-state index in [0.717, 1.165) is 22.8 Å². The van der Waals surface area contributed by atoms with Crippen LogP contribution in [-0.2, 0) is 11.3 Å². The van der Waals surface area contributed by atoms with E-state index in [4.69, 9.17) is 22.2 Å². The van der Waals surface area contributed by atoms with Crippen LogP contribution in [0.3, 0.4) is 0 Å². The molecule has 0 radical (unpaired) electrons. The fourth-order valence-corrected chi connectivity index (χ4v) is 1.68. The number of hydrogen-bond acceptors (Lipinski definition) is 3. The number of benzene rings is 1. The molecule has 2 rings (SSSR count). The highest BCUT2D eigenvalue weighted by Gasteiger charge is 2.22. The minimum Gasteiger partial charge on any atom is -0.487 e. The SMILES string of the molecule is NOCC1Cc2cc(Cl)ccc2O1. The van der Waals surface area contributed by atoms with Gasteiger partial charge in [-0.15, -0.1) is 0 Å². The first-order chi connectivity index (χ1) is 6.29. The Morgan fingerprint density at radius 1 is 1.62 bits per heavy atom. The summed E-state index contributed by atoms with van der Waals surface area (Å²) in [7, 11) is 0. The average molecular weight is 200 g/mol. The molecule has 70 valence electrons. The first kappa shape index (κ1) is 8.81. The Balaban J connectivity index is 2.16. The van der Waals surface area contributed by atoms with Gasteiger partial charge in [0.1, 0.15) is 18.5 Å². The van der Waals surface area contributed by atoms with Crippen molar-refractivity contribution in [3.05, 3.63) is 28.8 Å². The molecule has 0 saturated heterocycles. The van der Waals surface area contributed by atoms with Crippen molar-refractivity contribution in [1.29, 1.82) is 0 Å². The first-order valence-electron chi connectivity index (χ1n) is 4.06. The molecule has 1 unspecified atom stereocenters. The average Bonchev–Trinajstić information content (AvgIpc) is 2.46. The van der Waals surface area contributed by atoms with Crippen molar-refractivity contribution in [3.8, 4) is 5.75 Å². The van der Waals surface area contributed by atoms with Gasteiger partial charge in [0.2, 0.25) is 0 Å². The zero-order valence-electron chi connectivity index (χ0n) is 7.00. The largest absolute Gasteiger partial charge is 0.487 e. The predicted octanol–water partition coefficient (Wildman–Crippen LogP) is 1.53. The number of fused-ring (bicyclic) bond motifs is 1. The number of ether oxygens (including phenoxy) is 1. The molecule has 0 amide bonds. The normalized spacial score (nSPS) is 19.7. The standard InChI is InChI=1S/C9H10ClNO2/c10-7-1-2-9-6(3-7)4-8(13-9)5-12-11/h1-3,8H,4-5,11H2. The van der Waals surface area contributed by atoms with Crippen LogP contribution in [0.5, 0.6) is 5.75 Å². The van der Waals surface area contributed by atoms with Crippen molar-refractivity contribution < 1.29 is 9.57 Å². The van der Waals surface area contributed by atoms with Gasteiger partial charge in [-0.3, -0.25) is 0 Å². The summed E-state index contributed by atoms with van der Waals surface area (Å²) in [4.78, 5) is 4.53. The third-order valence-corrected chi connectivity index (χ3v) is 2.28. The third kappa shape index (κ3) is 1.77. The highest BCUT2D eigenvalue weighted by Crippen LogP contribution is 2.30. The Morgan fingerprint density at radius 3 is 3.23 bits per heavy atom. The van der Waals surface area contributed by atoms with Crippen LogP contribution in [0.4, 0.5) is 0 Å². The molecule has 3 nitrogen and oxygen atoms in total. The van der Waals surface area contributed by atoms with Crippen molar-refractivity contribution in [3.63, 3.8) is 0 Å². The van der Waals surface area contributed by atoms with Crippen LogP contribution in [0, 0.1) is 0 Å². The van der Waals surface area contributed by atoms with Crippen molar-refractivity contribution in [2.45, 2.75) is 12.5 Å². The van der Waals surface area contributed by atoms with Gasteiger partial charge in [0, 0.05) is 11.4 Å². The van der Waals surface area contributed by atoms with Crippen LogP contribution >= 0.6 is 11.6 Å². The molecule has 1 aromatic carbocycles. The highest BCUT2D eigenvalue weighted by molar-refractivity contribution is 6.30. The zero-order chi connectivity index (χ0) is 9.26. The van der Waals surface area contributed by atoms with E-state index in [9.17, 15) is 0 Å². The molecule has 0 aliphatic carbocycles. The summed E-state index contributed by atoms with van der Waals surface area (Å²) < 4.78 is 5.54. The van der Waals surface area contributed by atoms with Gasteiger partial charge < -0.3 is 9.57 Å². The van der Waals surface area contributed by atoms with Gasteiger partial charge in [-0.25, -0.2) is 5.90 Å². The Bertz CT molecular complexity index is 316. The Labute approximate surface area is 81.3 Å². The summed E-state index contributed by atoms with van der Waals surface area (Å²) >= 11 is 5.84. The number of nitrogens with two attached hydrogens (primary N) is 1. The summed E-state index contributed by atoms with van der Waals surface area (Å²) in [6.07, 6.45) is 0.839. The molecular formula is C9H10ClNO2. The van der Waals surface area contributed by atoms with Crippen LogP contribution < -0.4 is 10.6 Å². The molecule has 1 aliphatic rings. The number of halogens is 1. The quantitative estimate of drug-likeness (QED) is 0.735. The topological polar surface area (TPSA) is 44.5 Å². The summed E-state index contributed by atoms with van der Waals surface area (Å²) in [5.74, 6) is 5.85. The Hall–Kier alpha value is -0.770. The van der Waals surface area contributed by atoms with E-state index in [-0.39, 0.29) is 6.10 Å². The maximum atomic E-state index is 5.84. The van der Waals surface area contributed by atoms with Gasteiger partial charge >= 0.3 is 0 Å². The van der Waals surface area contributed by atoms with Crippen molar-refractivity contribution >= 4 is 11.6 Å². The van der Waals surface area contributed by atoms with E-state index in [0.29, 0.717) is 6.61 Å². The Morgan fingerprint density at radius 2 is 2.46 bits per heavy atom. The lowest BCUT2D eigenvalue weighted by Crippen LogP contribution is -2.22. The smallest absolute Gasteiger partial charge is 0.128 e. The Kier molecular flexibility index (Phi) is 2.40. The molecular weight excluding hydrogens is 190 g/mol. The lowest BCUT2D eigenvalue weighted by Gasteiger charge is -2.07. The molecule has 0 bridgehead atoms. The molecule has 13 heavy (non-hydrogen) atoms. The maximum Gasteiger partial charge on any atom is 0.128 e. The molecule has 0 fully saturated rings. The highest BCUT2D eigenvalue weighted by atomic mass is 35.5. The van der Waals surface area contributed by atoms with Crippen molar-refractivity contribution in [1.82, 2.24) is 0 Å². The van der Waals surface area contributed by atoms with E-state index >= 15 is 0 Å². The van der Waals surface area contributed by atoms with E-state index in [1.54, 1.807) is 0 Å². The lowest BCUT2D eigenvalue weighted by molar-refractivity contribution is 0.0609. The predicted molar refractivity (Wildman–Crippen MR) is 49.7 cm³/mol. The molecule has 1 atom stereocenters. The second kappa shape index (κ2) is 3.54. The minimum absolute atomic E-state index is 0.0264. The monoisotopic (exact) mass is 199 g/mol. The second-order valence-electron chi connectivity index (χ2n) is 3.03. The van der Waals surface area contributed by atoms with Gasteiger partial charge in [0.15, 0.2) is 0 Å². The lowest BCUT2D eigenvalue weighted by atomic mass is 10.1. The van der Waals surface area contributed by atoms with Gasteiger partial charge in [-0.05, 0) is 23.8 Å². The molecule has 0 aromatic heterocycles. The first-order valence-corrected chi connectivity index (χ1v) is 4.44. The van der Waals surface area contributed by atoms with Gasteiger partial charge in [-0.2, -0.15) is 0 Å².